The largest absolute Gasteiger partial charge is 0.393 e. The lowest BCUT2D eigenvalue weighted by molar-refractivity contribution is 0.117. The first kappa shape index (κ1) is 16.2. The van der Waals surface area contributed by atoms with E-state index < -0.39 is 0 Å². The highest BCUT2D eigenvalue weighted by Crippen LogP contribution is 2.43. The van der Waals surface area contributed by atoms with Crippen LogP contribution in [0.2, 0.25) is 0 Å². The van der Waals surface area contributed by atoms with Crippen LogP contribution in [0, 0.1) is 5.82 Å². The summed E-state index contributed by atoms with van der Waals surface area (Å²) in [6, 6.07) is 6.65. The van der Waals surface area contributed by atoms with Crippen molar-refractivity contribution >= 4 is 6.03 Å². The van der Waals surface area contributed by atoms with E-state index in [1.54, 1.807) is 0 Å². The van der Waals surface area contributed by atoms with Crippen LogP contribution < -0.4 is 10.6 Å². The predicted octanol–water partition coefficient (Wildman–Crippen LogP) is 2.85. The second-order valence-electron chi connectivity index (χ2n) is 6.97. The fourth-order valence-corrected chi connectivity index (χ4v) is 3.68. The van der Waals surface area contributed by atoms with Crippen LogP contribution in [0.4, 0.5) is 9.18 Å². The third-order valence-corrected chi connectivity index (χ3v) is 5.39. The summed E-state index contributed by atoms with van der Waals surface area (Å²) in [6.45, 7) is 0.583. The molecule has 0 bridgehead atoms. The molecule has 1 aromatic rings. The normalized spacial score (nSPS) is 26.2. The first-order chi connectivity index (χ1) is 11.1. The van der Waals surface area contributed by atoms with E-state index in [4.69, 9.17) is 0 Å². The van der Waals surface area contributed by atoms with E-state index in [0.29, 0.717) is 6.54 Å². The van der Waals surface area contributed by atoms with Gasteiger partial charge in [-0.25, -0.2) is 9.18 Å². The Morgan fingerprint density at radius 2 is 1.83 bits per heavy atom. The van der Waals surface area contributed by atoms with Gasteiger partial charge in [0.2, 0.25) is 0 Å². The zero-order valence-corrected chi connectivity index (χ0v) is 13.4. The molecule has 0 unspecified atom stereocenters. The van der Waals surface area contributed by atoms with Gasteiger partial charge in [-0.1, -0.05) is 18.6 Å². The van der Waals surface area contributed by atoms with Crippen molar-refractivity contribution in [1.29, 1.82) is 0 Å². The topological polar surface area (TPSA) is 61.4 Å². The molecule has 4 nitrogen and oxygen atoms in total. The van der Waals surface area contributed by atoms with Gasteiger partial charge in [0.15, 0.2) is 0 Å². The molecular formula is C18H25FN2O2. The molecule has 2 saturated carbocycles. The van der Waals surface area contributed by atoms with Crippen LogP contribution >= 0.6 is 0 Å². The number of benzene rings is 1. The van der Waals surface area contributed by atoms with Gasteiger partial charge in [0.25, 0.3) is 0 Å². The lowest BCUT2D eigenvalue weighted by Crippen LogP contribution is -2.50. The summed E-state index contributed by atoms with van der Waals surface area (Å²) in [5.41, 5.74) is 1.06. The van der Waals surface area contributed by atoms with Gasteiger partial charge in [0.05, 0.1) is 6.10 Å². The molecule has 0 heterocycles. The second kappa shape index (κ2) is 6.87. The molecular weight excluding hydrogens is 295 g/mol. The maximum absolute atomic E-state index is 13.1. The fraction of sp³-hybridized carbons (Fsp3) is 0.611. The lowest BCUT2D eigenvalue weighted by Gasteiger charge is -2.42. The third-order valence-electron chi connectivity index (χ3n) is 5.39. The van der Waals surface area contributed by atoms with Gasteiger partial charge in [-0.15, -0.1) is 0 Å². The first-order valence-corrected chi connectivity index (χ1v) is 8.56. The summed E-state index contributed by atoms with van der Waals surface area (Å²) in [5, 5.41) is 15.5. The van der Waals surface area contributed by atoms with E-state index in [0.717, 1.165) is 50.5 Å². The standard InChI is InChI=1S/C18H25FN2O2/c19-14-4-2-13(3-5-14)18(10-1-11-18)12-20-17(23)21-15-6-8-16(22)9-7-15/h2-5,15-16,22H,1,6-12H2,(H2,20,21,23). The Morgan fingerprint density at radius 1 is 1.17 bits per heavy atom. The number of nitrogens with one attached hydrogen (secondary N) is 2. The Balaban J connectivity index is 1.52. The van der Waals surface area contributed by atoms with Crippen LogP contribution in [0.25, 0.3) is 0 Å². The Labute approximate surface area is 136 Å². The van der Waals surface area contributed by atoms with Gasteiger partial charge >= 0.3 is 6.03 Å². The van der Waals surface area contributed by atoms with Crippen molar-refractivity contribution in [2.75, 3.05) is 6.54 Å². The minimum Gasteiger partial charge on any atom is -0.393 e. The average Bonchev–Trinajstić information content (AvgIpc) is 2.50. The molecule has 0 spiro atoms. The fourth-order valence-electron chi connectivity index (χ4n) is 3.68. The number of aliphatic hydroxyl groups is 1. The summed E-state index contributed by atoms with van der Waals surface area (Å²) in [4.78, 5) is 12.1. The van der Waals surface area contributed by atoms with Crippen molar-refractivity contribution < 1.29 is 14.3 Å². The molecule has 0 atom stereocenters. The quantitative estimate of drug-likeness (QED) is 0.799. The summed E-state index contributed by atoms with van der Waals surface area (Å²) in [6.07, 6.45) is 6.14. The molecule has 3 N–H and O–H groups in total. The first-order valence-electron chi connectivity index (χ1n) is 8.56. The highest BCUT2D eigenvalue weighted by Gasteiger charge is 2.39. The Bertz CT molecular complexity index is 534. The number of hydrogen-bond acceptors (Lipinski definition) is 2. The lowest BCUT2D eigenvalue weighted by atomic mass is 9.64. The van der Waals surface area contributed by atoms with E-state index in [1.165, 1.54) is 12.1 Å². The second-order valence-corrected chi connectivity index (χ2v) is 6.97. The highest BCUT2D eigenvalue weighted by atomic mass is 19.1. The number of carbonyl (C=O) groups excluding carboxylic acids is 1. The van der Waals surface area contributed by atoms with E-state index in [-0.39, 0.29) is 29.4 Å². The summed E-state index contributed by atoms with van der Waals surface area (Å²) < 4.78 is 13.1. The number of amides is 2. The highest BCUT2D eigenvalue weighted by molar-refractivity contribution is 5.74. The molecule has 2 aliphatic rings. The predicted molar refractivity (Wildman–Crippen MR) is 86.7 cm³/mol. The van der Waals surface area contributed by atoms with Crippen molar-refractivity contribution in [1.82, 2.24) is 10.6 Å². The maximum atomic E-state index is 13.1. The van der Waals surface area contributed by atoms with Crippen LogP contribution in [0.1, 0.15) is 50.5 Å². The molecule has 0 aromatic heterocycles. The minimum absolute atomic E-state index is 0.0478. The van der Waals surface area contributed by atoms with Gasteiger partial charge in [0.1, 0.15) is 5.82 Å². The van der Waals surface area contributed by atoms with Gasteiger partial charge in [-0.05, 0) is 56.2 Å². The molecule has 2 amide bonds. The zero-order valence-electron chi connectivity index (χ0n) is 13.4. The number of carbonyl (C=O) groups is 1. The maximum Gasteiger partial charge on any atom is 0.315 e. The van der Waals surface area contributed by atoms with Gasteiger partial charge < -0.3 is 15.7 Å². The number of aliphatic hydroxyl groups excluding tert-OH is 1. The number of rotatable bonds is 4. The van der Waals surface area contributed by atoms with Gasteiger partial charge in [-0.2, -0.15) is 0 Å². The summed E-state index contributed by atoms with van der Waals surface area (Å²) >= 11 is 0. The monoisotopic (exact) mass is 320 g/mol. The molecule has 2 fully saturated rings. The Hall–Kier alpha value is -1.62. The number of urea groups is 1. The van der Waals surface area contributed by atoms with Crippen molar-refractivity contribution in [3.63, 3.8) is 0 Å². The van der Waals surface area contributed by atoms with Crippen molar-refractivity contribution in [3.8, 4) is 0 Å². The van der Waals surface area contributed by atoms with E-state index in [9.17, 15) is 14.3 Å². The van der Waals surface area contributed by atoms with Crippen LogP contribution in [0.5, 0.6) is 0 Å². The van der Waals surface area contributed by atoms with Crippen molar-refractivity contribution in [3.05, 3.63) is 35.6 Å². The van der Waals surface area contributed by atoms with Crippen LogP contribution in [0.3, 0.4) is 0 Å². The average molecular weight is 320 g/mol. The van der Waals surface area contributed by atoms with Crippen molar-refractivity contribution in [2.24, 2.45) is 0 Å². The summed E-state index contributed by atoms with van der Waals surface area (Å²) in [5.74, 6) is -0.228. The third kappa shape index (κ3) is 3.83. The van der Waals surface area contributed by atoms with Gasteiger partial charge in [0, 0.05) is 18.0 Å². The number of hydrogen-bond donors (Lipinski definition) is 3. The molecule has 0 aliphatic heterocycles. The van der Waals surface area contributed by atoms with E-state index >= 15 is 0 Å². The zero-order chi connectivity index (χ0) is 16.3. The molecule has 5 heteroatoms. The molecule has 0 radical (unpaired) electrons. The van der Waals surface area contributed by atoms with E-state index in [2.05, 4.69) is 10.6 Å². The molecule has 3 rings (SSSR count). The Kier molecular flexibility index (Phi) is 4.85. The molecule has 0 saturated heterocycles. The van der Waals surface area contributed by atoms with Crippen LogP contribution in [0.15, 0.2) is 24.3 Å². The van der Waals surface area contributed by atoms with Crippen molar-refractivity contribution in [2.45, 2.75) is 62.5 Å². The minimum atomic E-state index is -0.228. The Morgan fingerprint density at radius 3 is 2.39 bits per heavy atom. The van der Waals surface area contributed by atoms with Crippen LogP contribution in [-0.4, -0.2) is 29.8 Å². The molecule has 126 valence electrons. The number of halogens is 1. The SMILES string of the molecule is O=C(NCC1(c2ccc(F)cc2)CCC1)NC1CCC(O)CC1. The summed E-state index contributed by atoms with van der Waals surface area (Å²) in [7, 11) is 0. The molecule has 23 heavy (non-hydrogen) atoms. The van der Waals surface area contributed by atoms with Crippen LogP contribution in [-0.2, 0) is 5.41 Å². The smallest absolute Gasteiger partial charge is 0.315 e. The molecule has 2 aliphatic carbocycles. The van der Waals surface area contributed by atoms with E-state index in [1.807, 2.05) is 12.1 Å². The molecule has 1 aromatic carbocycles. The van der Waals surface area contributed by atoms with Gasteiger partial charge in [-0.3, -0.25) is 0 Å².